The van der Waals surface area contributed by atoms with E-state index in [1.165, 1.54) is 41.5 Å². The largest absolute Gasteiger partial charge is 0.449 e. The summed E-state index contributed by atoms with van der Waals surface area (Å²) >= 11 is 0. The van der Waals surface area contributed by atoms with Crippen molar-refractivity contribution in [3.63, 3.8) is 0 Å². The van der Waals surface area contributed by atoms with E-state index in [1.54, 1.807) is 0 Å². The van der Waals surface area contributed by atoms with E-state index in [1.807, 2.05) is 0 Å². The Labute approximate surface area is 167 Å². The number of ether oxygens (including phenoxy) is 1. The number of benzene rings is 2. The zero-order valence-electron chi connectivity index (χ0n) is 16.7. The van der Waals surface area contributed by atoms with Crippen molar-refractivity contribution in [3.8, 4) is 11.1 Å². The molecule has 1 N–H and O–H groups in total. The van der Waals surface area contributed by atoms with Gasteiger partial charge in [-0.15, -0.1) is 0 Å². The maximum Gasteiger partial charge on any atom is 0.407 e. The van der Waals surface area contributed by atoms with Gasteiger partial charge in [-0.3, -0.25) is 0 Å². The summed E-state index contributed by atoms with van der Waals surface area (Å²) in [7, 11) is 0. The minimum Gasteiger partial charge on any atom is -0.449 e. The number of nitrogens with one attached hydrogen (secondary N) is 1. The normalized spacial score (nSPS) is 27.7. The molecule has 1 amide bonds. The molecule has 0 aliphatic heterocycles. The van der Waals surface area contributed by atoms with E-state index in [-0.39, 0.29) is 18.1 Å². The van der Waals surface area contributed by atoms with Crippen LogP contribution in [-0.2, 0) is 4.74 Å². The zero-order chi connectivity index (χ0) is 19.3. The molecule has 2 fully saturated rings. The topological polar surface area (TPSA) is 38.3 Å². The summed E-state index contributed by atoms with van der Waals surface area (Å²) in [5.74, 6) is 2.74. The van der Waals surface area contributed by atoms with Crippen molar-refractivity contribution < 1.29 is 9.53 Å². The Morgan fingerprint density at radius 1 is 1.00 bits per heavy atom. The lowest BCUT2D eigenvalue weighted by Crippen LogP contribution is -2.46. The van der Waals surface area contributed by atoms with Crippen molar-refractivity contribution in [1.29, 1.82) is 0 Å². The first-order valence-electron chi connectivity index (χ1n) is 10.7. The van der Waals surface area contributed by atoms with Gasteiger partial charge in [0, 0.05) is 12.0 Å². The molecule has 146 valence electrons. The molecule has 0 aromatic heterocycles. The lowest BCUT2D eigenvalue weighted by Gasteiger charge is -2.34. The fourth-order valence-corrected chi connectivity index (χ4v) is 6.29. The minimum absolute atomic E-state index is 0.124. The number of rotatable bonds is 4. The smallest absolute Gasteiger partial charge is 0.407 e. The van der Waals surface area contributed by atoms with Gasteiger partial charge < -0.3 is 10.1 Å². The zero-order valence-corrected chi connectivity index (χ0v) is 16.7. The number of amides is 1. The van der Waals surface area contributed by atoms with Crippen LogP contribution in [0.4, 0.5) is 4.79 Å². The number of carbonyl (C=O) groups excluding carboxylic acids is 1. The number of hydrogen-bond donors (Lipinski definition) is 1. The van der Waals surface area contributed by atoms with Crippen molar-refractivity contribution in [3.05, 3.63) is 59.7 Å². The molecule has 5 rings (SSSR count). The third-order valence-corrected chi connectivity index (χ3v) is 7.38. The molecular weight excluding hydrogens is 346 g/mol. The van der Waals surface area contributed by atoms with Gasteiger partial charge in [-0.25, -0.2) is 4.79 Å². The second-order valence-corrected chi connectivity index (χ2v) is 9.15. The van der Waals surface area contributed by atoms with E-state index in [9.17, 15) is 4.79 Å². The quantitative estimate of drug-likeness (QED) is 0.756. The second-order valence-electron chi connectivity index (χ2n) is 9.15. The highest BCUT2D eigenvalue weighted by Gasteiger charge is 2.49. The highest BCUT2D eigenvalue weighted by Crippen LogP contribution is 2.51. The van der Waals surface area contributed by atoms with Crippen molar-refractivity contribution in [2.45, 2.75) is 45.1 Å². The lowest BCUT2D eigenvalue weighted by atomic mass is 9.77. The van der Waals surface area contributed by atoms with Gasteiger partial charge in [0.05, 0.1) is 0 Å². The van der Waals surface area contributed by atoms with Gasteiger partial charge >= 0.3 is 6.09 Å². The summed E-state index contributed by atoms with van der Waals surface area (Å²) in [6, 6.07) is 17.2. The summed E-state index contributed by atoms with van der Waals surface area (Å²) in [6.07, 6.45) is 3.61. The van der Waals surface area contributed by atoms with E-state index >= 15 is 0 Å². The molecule has 0 unspecified atom stereocenters. The van der Waals surface area contributed by atoms with Gasteiger partial charge in [0.15, 0.2) is 0 Å². The summed E-state index contributed by atoms with van der Waals surface area (Å²) < 4.78 is 5.79. The van der Waals surface area contributed by atoms with E-state index in [4.69, 9.17) is 4.74 Å². The van der Waals surface area contributed by atoms with Crippen LogP contribution in [0, 0.1) is 23.7 Å². The summed E-state index contributed by atoms with van der Waals surface area (Å²) in [5, 5.41) is 3.25. The van der Waals surface area contributed by atoms with Crippen molar-refractivity contribution >= 4 is 6.09 Å². The molecule has 4 atom stereocenters. The predicted octanol–water partition coefficient (Wildman–Crippen LogP) is 5.60. The van der Waals surface area contributed by atoms with Crippen molar-refractivity contribution in [1.82, 2.24) is 5.32 Å². The van der Waals surface area contributed by atoms with E-state index in [0.717, 1.165) is 5.92 Å². The van der Waals surface area contributed by atoms with Crippen LogP contribution in [0.25, 0.3) is 11.1 Å². The number of alkyl carbamates (subject to hydrolysis) is 1. The lowest BCUT2D eigenvalue weighted by molar-refractivity contribution is 0.121. The molecule has 0 heterocycles. The summed E-state index contributed by atoms with van der Waals surface area (Å²) in [5.41, 5.74) is 5.05. The Balaban J connectivity index is 1.29. The molecular formula is C25H29NO2. The molecule has 2 saturated carbocycles. The van der Waals surface area contributed by atoms with Crippen LogP contribution in [0.3, 0.4) is 0 Å². The van der Waals surface area contributed by atoms with Crippen molar-refractivity contribution in [2.24, 2.45) is 23.7 Å². The standard InChI is InChI=1S/C25H29NO2/c1-15(2)23-16-11-12-17(13-16)24(23)26-25(27)28-14-22-20-9-5-3-7-18(20)19-8-4-6-10-21(19)22/h3-10,15-17,22-24H,11-14H2,1-2H3,(H,26,27)/t16-,17+,23+,24+/m0/s1. The number of fused-ring (bicyclic) bond motifs is 5. The first-order chi connectivity index (χ1) is 13.6. The van der Waals surface area contributed by atoms with Gasteiger partial charge in [0.1, 0.15) is 6.61 Å². The van der Waals surface area contributed by atoms with Gasteiger partial charge in [0.2, 0.25) is 0 Å². The monoisotopic (exact) mass is 375 g/mol. The average molecular weight is 376 g/mol. The molecule has 28 heavy (non-hydrogen) atoms. The fraction of sp³-hybridized carbons (Fsp3) is 0.480. The van der Waals surface area contributed by atoms with E-state index in [2.05, 4.69) is 67.7 Å². The molecule has 3 aliphatic carbocycles. The predicted molar refractivity (Wildman–Crippen MR) is 111 cm³/mol. The van der Waals surface area contributed by atoms with Crippen LogP contribution in [-0.4, -0.2) is 18.7 Å². The number of carbonyl (C=O) groups is 1. The Morgan fingerprint density at radius 2 is 1.61 bits per heavy atom. The summed E-state index contributed by atoms with van der Waals surface area (Å²) in [6.45, 7) is 4.97. The van der Waals surface area contributed by atoms with Crippen LogP contribution in [0.1, 0.15) is 50.2 Å². The molecule has 3 aliphatic rings. The first kappa shape index (κ1) is 17.8. The van der Waals surface area contributed by atoms with Gasteiger partial charge in [-0.1, -0.05) is 62.4 Å². The Kier molecular flexibility index (Phi) is 4.41. The fourth-order valence-electron chi connectivity index (χ4n) is 6.29. The van der Waals surface area contributed by atoms with Crippen LogP contribution >= 0.6 is 0 Å². The molecule has 2 aromatic rings. The van der Waals surface area contributed by atoms with Crippen LogP contribution in [0.2, 0.25) is 0 Å². The number of hydrogen-bond acceptors (Lipinski definition) is 2. The SMILES string of the molecule is CC(C)[C@@H]1[C@H]2CC[C@H](C2)[C@H]1NC(=O)OCC1c2ccccc2-c2ccccc21. The molecule has 0 spiro atoms. The second kappa shape index (κ2) is 6.95. The minimum atomic E-state index is -0.245. The van der Waals surface area contributed by atoms with E-state index < -0.39 is 0 Å². The molecule has 0 saturated heterocycles. The maximum atomic E-state index is 12.7. The molecule has 2 aromatic carbocycles. The molecule has 0 radical (unpaired) electrons. The highest BCUT2D eigenvalue weighted by atomic mass is 16.5. The first-order valence-corrected chi connectivity index (χ1v) is 10.7. The van der Waals surface area contributed by atoms with Gasteiger partial charge in [-0.2, -0.15) is 0 Å². The third kappa shape index (κ3) is 2.83. The Bertz CT molecular complexity index is 844. The maximum absolute atomic E-state index is 12.7. The Hall–Kier alpha value is -2.29. The Morgan fingerprint density at radius 3 is 2.25 bits per heavy atom. The van der Waals surface area contributed by atoms with E-state index in [0.29, 0.717) is 24.4 Å². The molecule has 3 heteroatoms. The summed E-state index contributed by atoms with van der Waals surface area (Å²) in [4.78, 5) is 12.7. The van der Waals surface area contributed by atoms with Crippen LogP contribution in [0.15, 0.2) is 48.5 Å². The van der Waals surface area contributed by atoms with Gasteiger partial charge in [0.25, 0.3) is 0 Å². The average Bonchev–Trinajstić information content (AvgIpc) is 3.38. The molecule has 3 nitrogen and oxygen atoms in total. The van der Waals surface area contributed by atoms with Gasteiger partial charge in [-0.05, 0) is 65.2 Å². The highest BCUT2D eigenvalue weighted by molar-refractivity contribution is 5.79. The van der Waals surface area contributed by atoms with Crippen LogP contribution < -0.4 is 5.32 Å². The molecule has 2 bridgehead atoms. The van der Waals surface area contributed by atoms with Crippen LogP contribution in [0.5, 0.6) is 0 Å². The van der Waals surface area contributed by atoms with Crippen molar-refractivity contribution in [2.75, 3.05) is 6.61 Å². The third-order valence-electron chi connectivity index (χ3n) is 7.38.